The molecule has 0 atom stereocenters. The van der Waals surface area contributed by atoms with Crippen LogP contribution in [0.15, 0.2) is 47.4 Å². The van der Waals surface area contributed by atoms with E-state index in [9.17, 15) is 13.2 Å². The van der Waals surface area contributed by atoms with Crippen molar-refractivity contribution in [3.05, 3.63) is 53.6 Å². The van der Waals surface area contributed by atoms with E-state index < -0.39 is 10.0 Å². The third-order valence-electron chi connectivity index (χ3n) is 3.58. The second-order valence-electron chi connectivity index (χ2n) is 5.98. The lowest BCUT2D eigenvalue weighted by Crippen LogP contribution is -2.27. The van der Waals surface area contributed by atoms with Crippen LogP contribution in [0, 0.1) is 13.8 Å². The van der Waals surface area contributed by atoms with Gasteiger partial charge >= 0.3 is 0 Å². The van der Waals surface area contributed by atoms with Crippen molar-refractivity contribution in [2.24, 2.45) is 0 Å². The highest BCUT2D eigenvalue weighted by Gasteiger charge is 2.16. The van der Waals surface area contributed by atoms with E-state index in [0.717, 1.165) is 5.56 Å². The van der Waals surface area contributed by atoms with E-state index in [4.69, 9.17) is 4.74 Å². The van der Waals surface area contributed by atoms with E-state index in [-0.39, 0.29) is 17.4 Å². The quantitative estimate of drug-likeness (QED) is 0.857. The maximum atomic E-state index is 12.5. The first-order valence-electron chi connectivity index (χ1n) is 7.72. The molecule has 2 rings (SSSR count). The zero-order valence-corrected chi connectivity index (χ0v) is 15.6. The van der Waals surface area contributed by atoms with Gasteiger partial charge in [-0.3, -0.25) is 9.52 Å². The summed E-state index contributed by atoms with van der Waals surface area (Å²) in [6, 6.07) is 11.7. The summed E-state index contributed by atoms with van der Waals surface area (Å²) in [6.07, 6.45) is 0. The number of hydrogen-bond acceptors (Lipinski definition) is 4. The number of sulfonamides is 1. The number of nitrogens with one attached hydrogen (secondary N) is 1. The zero-order chi connectivity index (χ0) is 18.6. The van der Waals surface area contributed by atoms with Gasteiger partial charge in [0, 0.05) is 19.8 Å². The molecule has 0 bridgehead atoms. The summed E-state index contributed by atoms with van der Waals surface area (Å²) in [5.74, 6) is 0.307. The molecule has 0 heterocycles. The number of ether oxygens (including phenoxy) is 1. The molecular weight excluding hydrogens is 340 g/mol. The lowest BCUT2D eigenvalue weighted by atomic mass is 10.2. The normalized spacial score (nSPS) is 11.0. The number of carbonyl (C=O) groups is 1. The molecule has 0 aliphatic carbocycles. The van der Waals surface area contributed by atoms with Crippen LogP contribution in [0.1, 0.15) is 11.1 Å². The van der Waals surface area contributed by atoms with Gasteiger partial charge in [0.2, 0.25) is 0 Å². The molecule has 0 unspecified atom stereocenters. The van der Waals surface area contributed by atoms with Gasteiger partial charge in [-0.2, -0.15) is 0 Å². The molecule has 0 saturated heterocycles. The number of benzene rings is 2. The van der Waals surface area contributed by atoms with Crippen molar-refractivity contribution >= 4 is 21.6 Å². The summed E-state index contributed by atoms with van der Waals surface area (Å²) in [6.45, 7) is 3.53. The zero-order valence-electron chi connectivity index (χ0n) is 14.7. The SMILES string of the molecule is Cc1cccc(NS(=O)(=O)c2ccc(OCC(=O)N(C)C)c(C)c2)c1. The van der Waals surface area contributed by atoms with Gasteiger partial charge in [0.25, 0.3) is 15.9 Å². The Labute approximate surface area is 148 Å². The molecule has 0 aliphatic heterocycles. The van der Waals surface area contributed by atoms with Crippen LogP contribution in [-0.2, 0) is 14.8 Å². The molecule has 134 valence electrons. The lowest BCUT2D eigenvalue weighted by Gasteiger charge is -2.14. The Morgan fingerprint density at radius 1 is 1.12 bits per heavy atom. The fourth-order valence-corrected chi connectivity index (χ4v) is 3.28. The van der Waals surface area contributed by atoms with Gasteiger partial charge < -0.3 is 9.64 Å². The minimum Gasteiger partial charge on any atom is -0.483 e. The minimum absolute atomic E-state index is 0.0958. The minimum atomic E-state index is -3.69. The topological polar surface area (TPSA) is 75.7 Å². The van der Waals surface area contributed by atoms with Crippen LogP contribution in [-0.4, -0.2) is 39.9 Å². The molecule has 2 aromatic carbocycles. The largest absolute Gasteiger partial charge is 0.483 e. The third kappa shape index (κ3) is 4.96. The number of amides is 1. The first-order valence-corrected chi connectivity index (χ1v) is 9.20. The first kappa shape index (κ1) is 18.8. The van der Waals surface area contributed by atoms with Crippen molar-refractivity contribution in [3.8, 4) is 5.75 Å². The third-order valence-corrected chi connectivity index (χ3v) is 4.96. The molecule has 1 N–H and O–H groups in total. The number of likely N-dealkylation sites (N-methyl/N-ethyl adjacent to an activating group) is 1. The summed E-state index contributed by atoms with van der Waals surface area (Å²) in [7, 11) is -0.407. The van der Waals surface area contributed by atoms with Crippen LogP contribution in [0.5, 0.6) is 5.75 Å². The summed E-state index contributed by atoms with van der Waals surface area (Å²) < 4.78 is 33.1. The highest BCUT2D eigenvalue weighted by Crippen LogP contribution is 2.24. The van der Waals surface area contributed by atoms with Gasteiger partial charge in [-0.25, -0.2) is 8.42 Å². The van der Waals surface area contributed by atoms with E-state index >= 15 is 0 Å². The van der Waals surface area contributed by atoms with Crippen molar-refractivity contribution < 1.29 is 17.9 Å². The van der Waals surface area contributed by atoms with Crippen LogP contribution in [0.2, 0.25) is 0 Å². The van der Waals surface area contributed by atoms with Crippen molar-refractivity contribution in [2.75, 3.05) is 25.4 Å². The molecule has 0 aromatic heterocycles. The molecule has 25 heavy (non-hydrogen) atoms. The van der Waals surface area contributed by atoms with Gasteiger partial charge in [-0.15, -0.1) is 0 Å². The van der Waals surface area contributed by atoms with Crippen molar-refractivity contribution in [3.63, 3.8) is 0 Å². The monoisotopic (exact) mass is 362 g/mol. The number of nitrogens with zero attached hydrogens (tertiary/aromatic N) is 1. The summed E-state index contributed by atoms with van der Waals surface area (Å²) in [5.41, 5.74) is 2.11. The first-order chi connectivity index (χ1) is 11.7. The Morgan fingerprint density at radius 3 is 2.44 bits per heavy atom. The summed E-state index contributed by atoms with van der Waals surface area (Å²) in [4.78, 5) is 13.1. The maximum Gasteiger partial charge on any atom is 0.261 e. The number of rotatable bonds is 6. The predicted molar refractivity (Wildman–Crippen MR) is 97.4 cm³/mol. The van der Waals surface area contributed by atoms with Crippen molar-refractivity contribution in [2.45, 2.75) is 18.7 Å². The molecule has 2 aromatic rings. The Balaban J connectivity index is 2.17. The highest BCUT2D eigenvalue weighted by molar-refractivity contribution is 7.92. The number of carbonyl (C=O) groups excluding carboxylic acids is 1. The van der Waals surface area contributed by atoms with Crippen LogP contribution in [0.25, 0.3) is 0 Å². The summed E-state index contributed by atoms with van der Waals surface area (Å²) in [5, 5.41) is 0. The van der Waals surface area contributed by atoms with E-state index in [1.165, 1.54) is 17.0 Å². The van der Waals surface area contributed by atoms with Gasteiger partial charge in [0.05, 0.1) is 4.90 Å². The summed E-state index contributed by atoms with van der Waals surface area (Å²) >= 11 is 0. The average molecular weight is 362 g/mol. The number of hydrogen-bond donors (Lipinski definition) is 1. The van der Waals surface area contributed by atoms with E-state index in [0.29, 0.717) is 17.0 Å². The van der Waals surface area contributed by atoms with Crippen LogP contribution in [0.4, 0.5) is 5.69 Å². The van der Waals surface area contributed by atoms with Crippen LogP contribution in [0.3, 0.4) is 0 Å². The van der Waals surface area contributed by atoms with E-state index in [2.05, 4.69) is 4.72 Å². The molecule has 1 amide bonds. The Kier molecular flexibility index (Phi) is 5.69. The number of anilines is 1. The maximum absolute atomic E-state index is 12.5. The molecule has 0 radical (unpaired) electrons. The molecule has 0 saturated carbocycles. The second kappa shape index (κ2) is 7.57. The van der Waals surface area contributed by atoms with Gasteiger partial charge in [-0.1, -0.05) is 12.1 Å². The molecular formula is C18H22N2O4S. The Bertz CT molecular complexity index is 876. The fourth-order valence-electron chi connectivity index (χ4n) is 2.14. The van der Waals surface area contributed by atoms with Crippen LogP contribution < -0.4 is 9.46 Å². The Hall–Kier alpha value is -2.54. The van der Waals surface area contributed by atoms with E-state index in [1.54, 1.807) is 45.3 Å². The average Bonchev–Trinajstić information content (AvgIpc) is 2.52. The molecule has 0 fully saturated rings. The van der Waals surface area contributed by atoms with Crippen molar-refractivity contribution in [1.82, 2.24) is 4.90 Å². The van der Waals surface area contributed by atoms with Crippen molar-refractivity contribution in [1.29, 1.82) is 0 Å². The van der Waals surface area contributed by atoms with E-state index in [1.807, 2.05) is 13.0 Å². The predicted octanol–water partition coefficient (Wildman–Crippen LogP) is 2.57. The highest BCUT2D eigenvalue weighted by atomic mass is 32.2. The standard InChI is InChI=1S/C18H22N2O4S/c1-13-6-5-7-15(10-13)19-25(22,23)16-8-9-17(14(2)11-16)24-12-18(21)20(3)4/h5-11,19H,12H2,1-4H3. The smallest absolute Gasteiger partial charge is 0.261 e. The van der Waals surface area contributed by atoms with Gasteiger partial charge in [-0.05, 0) is 55.3 Å². The molecule has 0 aliphatic rings. The molecule has 7 heteroatoms. The molecule has 0 spiro atoms. The van der Waals surface area contributed by atoms with Gasteiger partial charge in [0.1, 0.15) is 5.75 Å². The fraction of sp³-hybridized carbons (Fsp3) is 0.278. The Morgan fingerprint density at radius 2 is 1.84 bits per heavy atom. The van der Waals surface area contributed by atoms with Gasteiger partial charge in [0.15, 0.2) is 6.61 Å². The number of aryl methyl sites for hydroxylation is 2. The molecule has 6 nitrogen and oxygen atoms in total. The second-order valence-corrected chi connectivity index (χ2v) is 7.66. The lowest BCUT2D eigenvalue weighted by molar-refractivity contribution is -0.130. The van der Waals surface area contributed by atoms with Crippen LogP contribution >= 0.6 is 0 Å².